The van der Waals surface area contributed by atoms with Crippen LogP contribution in [0.15, 0.2) is 47.4 Å². The third-order valence-corrected chi connectivity index (χ3v) is 4.91. The van der Waals surface area contributed by atoms with Gasteiger partial charge in [0, 0.05) is 0 Å². The summed E-state index contributed by atoms with van der Waals surface area (Å²) in [6, 6.07) is 11.3. The standard InChI is InChI=1S/C19H14ClNO6S/c1-26-15-8-11(6-7-14(15)27-10-17(22)23)9-16-18(24)21(19(25)28-16)13-5-3-2-4-12(13)20/h2-9H,10H2,1H3,(H,22,23)/b16-9+. The molecule has 1 fully saturated rings. The van der Waals surface area contributed by atoms with E-state index in [1.807, 2.05) is 0 Å². The molecule has 3 rings (SSSR count). The second kappa shape index (κ2) is 8.37. The first-order valence-electron chi connectivity index (χ1n) is 7.96. The Morgan fingerprint density at radius 1 is 1.21 bits per heavy atom. The second-order valence-corrected chi connectivity index (χ2v) is 6.96. The summed E-state index contributed by atoms with van der Waals surface area (Å²) < 4.78 is 10.3. The van der Waals surface area contributed by atoms with E-state index in [4.69, 9.17) is 26.2 Å². The number of benzene rings is 2. The first kappa shape index (κ1) is 19.8. The molecule has 0 saturated carbocycles. The quantitative estimate of drug-likeness (QED) is 0.706. The highest BCUT2D eigenvalue weighted by molar-refractivity contribution is 8.19. The number of rotatable bonds is 6. The van der Waals surface area contributed by atoms with Crippen molar-refractivity contribution in [3.05, 3.63) is 58.0 Å². The molecule has 28 heavy (non-hydrogen) atoms. The molecule has 1 aliphatic rings. The zero-order chi connectivity index (χ0) is 20.3. The van der Waals surface area contributed by atoms with Gasteiger partial charge in [-0.2, -0.15) is 0 Å². The van der Waals surface area contributed by atoms with Gasteiger partial charge in [-0.05, 0) is 47.7 Å². The molecule has 9 heteroatoms. The minimum absolute atomic E-state index is 0.228. The van der Waals surface area contributed by atoms with Crippen LogP contribution in [0.3, 0.4) is 0 Å². The molecule has 0 bridgehead atoms. The number of thioether (sulfide) groups is 1. The number of hydrogen-bond donors (Lipinski definition) is 1. The van der Waals surface area contributed by atoms with Gasteiger partial charge in [0.1, 0.15) is 0 Å². The number of hydrogen-bond acceptors (Lipinski definition) is 6. The molecular formula is C19H14ClNO6S. The van der Waals surface area contributed by atoms with Crippen molar-refractivity contribution in [2.24, 2.45) is 0 Å². The average Bonchev–Trinajstić information content (AvgIpc) is 2.94. The molecule has 144 valence electrons. The van der Waals surface area contributed by atoms with Crippen molar-refractivity contribution in [2.45, 2.75) is 0 Å². The largest absolute Gasteiger partial charge is 0.493 e. The molecule has 1 saturated heterocycles. The van der Waals surface area contributed by atoms with Gasteiger partial charge >= 0.3 is 5.97 Å². The Hall–Kier alpha value is -2.97. The zero-order valence-electron chi connectivity index (χ0n) is 14.5. The summed E-state index contributed by atoms with van der Waals surface area (Å²) >= 11 is 6.91. The van der Waals surface area contributed by atoms with Crippen molar-refractivity contribution >= 4 is 52.2 Å². The fourth-order valence-corrected chi connectivity index (χ4v) is 3.55. The van der Waals surface area contributed by atoms with E-state index in [1.165, 1.54) is 13.2 Å². The lowest BCUT2D eigenvalue weighted by molar-refractivity contribution is -0.139. The third kappa shape index (κ3) is 4.13. The van der Waals surface area contributed by atoms with Gasteiger partial charge in [0.15, 0.2) is 18.1 Å². The van der Waals surface area contributed by atoms with E-state index < -0.39 is 23.7 Å². The molecule has 2 amide bonds. The number of aliphatic carboxylic acids is 1. The maximum absolute atomic E-state index is 12.7. The van der Waals surface area contributed by atoms with E-state index in [9.17, 15) is 14.4 Å². The number of carboxylic acids is 1. The fraction of sp³-hybridized carbons (Fsp3) is 0.105. The molecule has 0 unspecified atom stereocenters. The van der Waals surface area contributed by atoms with Crippen molar-refractivity contribution in [1.29, 1.82) is 0 Å². The lowest BCUT2D eigenvalue weighted by atomic mass is 10.2. The molecule has 0 atom stereocenters. The van der Waals surface area contributed by atoms with Gasteiger partial charge in [0.05, 0.1) is 22.7 Å². The number of halogens is 1. The van der Waals surface area contributed by atoms with Gasteiger partial charge in [-0.3, -0.25) is 9.59 Å². The Balaban J connectivity index is 1.88. The van der Waals surface area contributed by atoms with Crippen molar-refractivity contribution in [2.75, 3.05) is 18.6 Å². The number of carboxylic acid groups (broad SMARTS) is 1. The number of anilines is 1. The van der Waals surface area contributed by atoms with Crippen LogP contribution < -0.4 is 14.4 Å². The monoisotopic (exact) mass is 419 g/mol. The SMILES string of the molecule is COc1cc(/C=C2/SC(=O)N(c3ccccc3Cl)C2=O)ccc1OCC(=O)O. The van der Waals surface area contributed by atoms with Crippen molar-refractivity contribution in [3.8, 4) is 11.5 Å². The summed E-state index contributed by atoms with van der Waals surface area (Å²) in [5.41, 5.74) is 0.911. The molecular weight excluding hydrogens is 406 g/mol. The zero-order valence-corrected chi connectivity index (χ0v) is 16.1. The van der Waals surface area contributed by atoms with Crippen LogP contribution in [-0.2, 0) is 9.59 Å². The van der Waals surface area contributed by atoms with Crippen molar-refractivity contribution < 1.29 is 29.0 Å². The second-order valence-electron chi connectivity index (χ2n) is 5.56. The van der Waals surface area contributed by atoms with E-state index in [0.717, 1.165) is 16.7 Å². The minimum atomic E-state index is -1.11. The highest BCUT2D eigenvalue weighted by atomic mass is 35.5. The number of para-hydroxylation sites is 1. The summed E-state index contributed by atoms with van der Waals surface area (Å²) in [7, 11) is 1.41. The minimum Gasteiger partial charge on any atom is -0.493 e. The molecule has 1 heterocycles. The van der Waals surface area contributed by atoms with Crippen LogP contribution in [0.25, 0.3) is 6.08 Å². The first-order chi connectivity index (χ1) is 13.4. The Morgan fingerprint density at radius 2 is 1.96 bits per heavy atom. The van der Waals surface area contributed by atoms with E-state index in [1.54, 1.807) is 42.5 Å². The number of methoxy groups -OCH3 is 1. The van der Waals surface area contributed by atoms with Crippen LogP contribution in [0.5, 0.6) is 11.5 Å². The Labute approximate surface area is 169 Å². The van der Waals surface area contributed by atoms with Crippen LogP contribution in [0.2, 0.25) is 5.02 Å². The van der Waals surface area contributed by atoms with Gasteiger partial charge in [0.25, 0.3) is 11.1 Å². The fourth-order valence-electron chi connectivity index (χ4n) is 2.49. The van der Waals surface area contributed by atoms with E-state index in [-0.39, 0.29) is 10.7 Å². The van der Waals surface area contributed by atoms with Gasteiger partial charge in [-0.1, -0.05) is 29.8 Å². The Bertz CT molecular complexity index is 990. The number of ether oxygens (including phenoxy) is 2. The summed E-state index contributed by atoms with van der Waals surface area (Å²) in [6.07, 6.45) is 1.55. The van der Waals surface area contributed by atoms with Crippen LogP contribution in [0.1, 0.15) is 5.56 Å². The van der Waals surface area contributed by atoms with Gasteiger partial charge in [0.2, 0.25) is 0 Å². The molecule has 2 aromatic carbocycles. The molecule has 7 nitrogen and oxygen atoms in total. The van der Waals surface area contributed by atoms with Gasteiger partial charge in [-0.25, -0.2) is 9.69 Å². The third-order valence-electron chi connectivity index (χ3n) is 3.72. The van der Waals surface area contributed by atoms with Crippen LogP contribution in [0, 0.1) is 0 Å². The highest BCUT2D eigenvalue weighted by Crippen LogP contribution is 2.39. The smallest absolute Gasteiger partial charge is 0.341 e. The molecule has 0 spiro atoms. The number of carbonyl (C=O) groups is 3. The maximum Gasteiger partial charge on any atom is 0.341 e. The Morgan fingerprint density at radius 3 is 2.64 bits per heavy atom. The highest BCUT2D eigenvalue weighted by Gasteiger charge is 2.37. The van der Waals surface area contributed by atoms with Crippen molar-refractivity contribution in [1.82, 2.24) is 0 Å². The summed E-state index contributed by atoms with van der Waals surface area (Å²) in [6.45, 7) is -0.508. The van der Waals surface area contributed by atoms with Gasteiger partial charge < -0.3 is 14.6 Å². The molecule has 1 N–H and O–H groups in total. The van der Waals surface area contributed by atoms with E-state index in [2.05, 4.69) is 0 Å². The molecule has 2 aromatic rings. The van der Waals surface area contributed by atoms with Crippen molar-refractivity contribution in [3.63, 3.8) is 0 Å². The predicted molar refractivity (Wildman–Crippen MR) is 106 cm³/mol. The normalized spacial score (nSPS) is 15.2. The first-order valence-corrected chi connectivity index (χ1v) is 9.15. The topological polar surface area (TPSA) is 93.1 Å². The number of imide groups is 1. The maximum atomic E-state index is 12.7. The Kier molecular flexibility index (Phi) is 5.91. The van der Waals surface area contributed by atoms with Crippen LogP contribution in [-0.4, -0.2) is 35.9 Å². The summed E-state index contributed by atoms with van der Waals surface area (Å²) in [4.78, 5) is 36.9. The summed E-state index contributed by atoms with van der Waals surface area (Å²) in [5.74, 6) is -1.03. The molecule has 0 aliphatic carbocycles. The molecule has 1 aliphatic heterocycles. The lowest BCUT2D eigenvalue weighted by Gasteiger charge is -2.13. The van der Waals surface area contributed by atoms with E-state index in [0.29, 0.717) is 22.0 Å². The predicted octanol–water partition coefficient (Wildman–Crippen LogP) is 4.05. The van der Waals surface area contributed by atoms with E-state index >= 15 is 0 Å². The van der Waals surface area contributed by atoms with Gasteiger partial charge in [-0.15, -0.1) is 0 Å². The number of carbonyl (C=O) groups excluding carboxylic acids is 2. The molecule has 0 aromatic heterocycles. The van der Waals surface area contributed by atoms with Crippen LogP contribution in [0.4, 0.5) is 10.5 Å². The summed E-state index contributed by atoms with van der Waals surface area (Å²) in [5, 5.41) is 8.57. The lowest BCUT2D eigenvalue weighted by Crippen LogP contribution is -2.27. The number of amides is 2. The number of nitrogens with zero attached hydrogens (tertiary/aromatic N) is 1. The molecule has 0 radical (unpaired) electrons. The average molecular weight is 420 g/mol. The van der Waals surface area contributed by atoms with Crippen LogP contribution >= 0.6 is 23.4 Å².